The maximum Gasteiger partial charge on any atom is 0.263 e. The number of carbonyl (C=O) groups is 1. The molecule has 1 heterocycles. The number of hydrogen-bond acceptors (Lipinski definition) is 4. The van der Waals surface area contributed by atoms with Crippen LogP contribution in [0.3, 0.4) is 0 Å². The van der Waals surface area contributed by atoms with Crippen LogP contribution in [0.5, 0.6) is 0 Å². The summed E-state index contributed by atoms with van der Waals surface area (Å²) < 4.78 is 26.4. The van der Waals surface area contributed by atoms with E-state index in [0.717, 1.165) is 18.4 Å². The van der Waals surface area contributed by atoms with Crippen molar-refractivity contribution in [1.29, 1.82) is 0 Å². The van der Waals surface area contributed by atoms with Crippen molar-refractivity contribution >= 4 is 38.7 Å². The molecule has 0 unspecified atom stereocenters. The maximum atomic E-state index is 12.3. The van der Waals surface area contributed by atoms with Gasteiger partial charge in [-0.15, -0.1) is 11.3 Å². The molecule has 0 spiro atoms. The van der Waals surface area contributed by atoms with E-state index in [1.54, 1.807) is 10.6 Å². The number of aromatic nitrogens is 1. The van der Waals surface area contributed by atoms with Gasteiger partial charge in [-0.05, 0) is 24.5 Å². The van der Waals surface area contributed by atoms with E-state index >= 15 is 0 Å². The summed E-state index contributed by atoms with van der Waals surface area (Å²) in [7, 11) is -3.41. The zero-order valence-corrected chi connectivity index (χ0v) is 16.0. The summed E-state index contributed by atoms with van der Waals surface area (Å²) in [5, 5.41) is 2.07. The first-order chi connectivity index (χ1) is 12.0. The summed E-state index contributed by atoms with van der Waals surface area (Å²) in [6.45, 7) is 0.477. The molecule has 0 saturated heterocycles. The Hall–Kier alpha value is -1.44. The minimum Gasteiger partial charge on any atom is -0.319 e. The molecule has 0 aliphatic heterocycles. The lowest BCUT2D eigenvalue weighted by molar-refractivity contribution is -0.115. The predicted octanol–water partition coefficient (Wildman–Crippen LogP) is 3.04. The standard InChI is InChI=1S/C17H19ClN2O3S2/c18-15-8-4-1-5-13(15)11-20-9-10-24-17(20)19-16(21)12-25(22,23)14-6-2-3-7-14/h1,4-5,8-10,14H,2-3,6-7,11-12H2. The van der Waals surface area contributed by atoms with E-state index < -0.39 is 21.5 Å². The molecule has 134 valence electrons. The van der Waals surface area contributed by atoms with Gasteiger partial charge < -0.3 is 4.57 Å². The van der Waals surface area contributed by atoms with Crippen molar-refractivity contribution in [2.24, 2.45) is 4.99 Å². The van der Waals surface area contributed by atoms with Gasteiger partial charge in [0.2, 0.25) is 0 Å². The fraction of sp³-hybridized carbons (Fsp3) is 0.412. The van der Waals surface area contributed by atoms with Crippen LogP contribution in [-0.4, -0.2) is 29.9 Å². The molecule has 1 aromatic carbocycles. The second-order valence-corrected chi connectivity index (χ2v) is 9.69. The van der Waals surface area contributed by atoms with Crippen molar-refractivity contribution in [1.82, 2.24) is 4.57 Å². The number of nitrogens with zero attached hydrogens (tertiary/aromatic N) is 2. The van der Waals surface area contributed by atoms with Crippen LogP contribution < -0.4 is 4.80 Å². The number of hydrogen-bond donors (Lipinski definition) is 0. The van der Waals surface area contributed by atoms with Gasteiger partial charge in [0.1, 0.15) is 5.75 Å². The number of rotatable bonds is 5. The largest absolute Gasteiger partial charge is 0.319 e. The van der Waals surface area contributed by atoms with E-state index in [0.29, 0.717) is 29.2 Å². The first kappa shape index (κ1) is 18.4. The molecule has 8 heteroatoms. The molecule has 1 fully saturated rings. The highest BCUT2D eigenvalue weighted by Gasteiger charge is 2.30. The Bertz CT molecular complexity index is 925. The molecule has 25 heavy (non-hydrogen) atoms. The molecule has 2 aromatic rings. The molecule has 1 saturated carbocycles. The smallest absolute Gasteiger partial charge is 0.263 e. The molecular formula is C17H19ClN2O3S2. The Morgan fingerprint density at radius 3 is 2.72 bits per heavy atom. The van der Waals surface area contributed by atoms with Gasteiger partial charge >= 0.3 is 0 Å². The summed E-state index contributed by atoms with van der Waals surface area (Å²) in [6, 6.07) is 7.46. The van der Waals surface area contributed by atoms with Crippen LogP contribution in [0, 0.1) is 0 Å². The van der Waals surface area contributed by atoms with Crippen molar-refractivity contribution in [2.75, 3.05) is 5.75 Å². The van der Waals surface area contributed by atoms with E-state index in [-0.39, 0.29) is 5.25 Å². The number of amides is 1. The average Bonchev–Trinajstić information content (AvgIpc) is 3.22. The summed E-state index contributed by atoms with van der Waals surface area (Å²) in [5.41, 5.74) is 0.912. The van der Waals surface area contributed by atoms with Gasteiger partial charge in [0.25, 0.3) is 5.91 Å². The number of carbonyl (C=O) groups excluding carboxylic acids is 1. The Balaban J connectivity index is 1.77. The molecule has 0 atom stereocenters. The molecule has 5 nitrogen and oxygen atoms in total. The van der Waals surface area contributed by atoms with E-state index in [9.17, 15) is 13.2 Å². The highest BCUT2D eigenvalue weighted by molar-refractivity contribution is 7.92. The van der Waals surface area contributed by atoms with Gasteiger partial charge in [0.15, 0.2) is 14.6 Å². The van der Waals surface area contributed by atoms with Crippen molar-refractivity contribution in [3.63, 3.8) is 0 Å². The Morgan fingerprint density at radius 2 is 2.00 bits per heavy atom. The normalized spacial score (nSPS) is 16.4. The quantitative estimate of drug-likeness (QED) is 0.777. The number of halogens is 1. The van der Waals surface area contributed by atoms with Crippen LogP contribution in [0.2, 0.25) is 5.02 Å². The number of thiazole rings is 1. The second kappa shape index (κ2) is 7.85. The topological polar surface area (TPSA) is 68.5 Å². The summed E-state index contributed by atoms with van der Waals surface area (Å²) in [6.07, 6.45) is 4.95. The Morgan fingerprint density at radius 1 is 1.28 bits per heavy atom. The van der Waals surface area contributed by atoms with Gasteiger partial charge in [0, 0.05) is 16.6 Å². The third-order valence-electron chi connectivity index (χ3n) is 4.31. The van der Waals surface area contributed by atoms with E-state index in [4.69, 9.17) is 11.6 Å². The lowest BCUT2D eigenvalue weighted by Gasteiger charge is -2.08. The Labute approximate surface area is 155 Å². The predicted molar refractivity (Wildman–Crippen MR) is 99.5 cm³/mol. The van der Waals surface area contributed by atoms with Crippen LogP contribution in [0.15, 0.2) is 40.8 Å². The molecule has 0 N–H and O–H groups in total. The van der Waals surface area contributed by atoms with Crippen molar-refractivity contribution in [3.05, 3.63) is 51.2 Å². The van der Waals surface area contributed by atoms with Crippen LogP contribution in [-0.2, 0) is 21.2 Å². The first-order valence-corrected chi connectivity index (χ1v) is 11.1. The lowest BCUT2D eigenvalue weighted by Crippen LogP contribution is -2.27. The van der Waals surface area contributed by atoms with Crippen LogP contribution in [0.25, 0.3) is 0 Å². The third kappa shape index (κ3) is 4.59. The zero-order valence-electron chi connectivity index (χ0n) is 13.6. The van der Waals surface area contributed by atoms with E-state index in [1.807, 2.05) is 29.8 Å². The third-order valence-corrected chi connectivity index (χ3v) is 7.61. The molecule has 0 radical (unpaired) electrons. The fourth-order valence-electron chi connectivity index (χ4n) is 2.99. The zero-order chi connectivity index (χ0) is 17.9. The van der Waals surface area contributed by atoms with Gasteiger partial charge in [-0.3, -0.25) is 4.79 Å². The maximum absolute atomic E-state index is 12.3. The summed E-state index contributed by atoms with van der Waals surface area (Å²) in [4.78, 5) is 16.7. The average molecular weight is 399 g/mol. The van der Waals surface area contributed by atoms with Crippen LogP contribution in [0.1, 0.15) is 31.2 Å². The molecule has 1 aliphatic carbocycles. The molecular weight excluding hydrogens is 380 g/mol. The van der Waals surface area contributed by atoms with Gasteiger partial charge in [0.05, 0.1) is 11.8 Å². The van der Waals surface area contributed by atoms with Crippen molar-refractivity contribution in [3.8, 4) is 0 Å². The monoisotopic (exact) mass is 398 g/mol. The molecule has 1 aromatic heterocycles. The van der Waals surface area contributed by atoms with Crippen molar-refractivity contribution < 1.29 is 13.2 Å². The Kier molecular flexibility index (Phi) is 5.76. The number of sulfone groups is 1. The minimum absolute atomic E-state index is 0.384. The molecule has 3 rings (SSSR count). The highest BCUT2D eigenvalue weighted by atomic mass is 35.5. The van der Waals surface area contributed by atoms with Crippen LogP contribution >= 0.6 is 22.9 Å². The highest BCUT2D eigenvalue weighted by Crippen LogP contribution is 2.25. The summed E-state index contributed by atoms with van der Waals surface area (Å²) >= 11 is 7.47. The number of benzene rings is 1. The lowest BCUT2D eigenvalue weighted by atomic mass is 10.2. The molecule has 0 bridgehead atoms. The van der Waals surface area contributed by atoms with Gasteiger partial charge in [-0.1, -0.05) is 42.6 Å². The second-order valence-electron chi connectivity index (χ2n) is 6.12. The SMILES string of the molecule is O=C(CS(=O)(=O)C1CCCC1)N=c1sccn1Cc1ccccc1Cl. The van der Waals surface area contributed by atoms with Gasteiger partial charge in [-0.2, -0.15) is 4.99 Å². The van der Waals surface area contributed by atoms with E-state index in [2.05, 4.69) is 4.99 Å². The van der Waals surface area contributed by atoms with Crippen LogP contribution in [0.4, 0.5) is 0 Å². The van der Waals surface area contributed by atoms with E-state index in [1.165, 1.54) is 11.3 Å². The fourth-order valence-corrected chi connectivity index (χ4v) is 5.63. The first-order valence-electron chi connectivity index (χ1n) is 8.12. The van der Waals surface area contributed by atoms with Gasteiger partial charge in [-0.25, -0.2) is 8.42 Å². The minimum atomic E-state index is -3.41. The molecule has 1 amide bonds. The molecule has 1 aliphatic rings. The van der Waals surface area contributed by atoms with Crippen molar-refractivity contribution in [2.45, 2.75) is 37.5 Å². The summed E-state index contributed by atoms with van der Waals surface area (Å²) in [5.74, 6) is -1.12.